The van der Waals surface area contributed by atoms with Crippen LogP contribution in [0.3, 0.4) is 0 Å². The Morgan fingerprint density at radius 1 is 1.57 bits per heavy atom. The summed E-state index contributed by atoms with van der Waals surface area (Å²) in [7, 11) is 2.13. The first kappa shape index (κ1) is 6.92. The number of carbonyl (C=O) groups is 1. The van der Waals surface area contributed by atoms with Crippen molar-refractivity contribution in [2.24, 2.45) is 0 Å². The van der Waals surface area contributed by atoms with E-state index in [-0.39, 0.29) is 6.09 Å². The third-order valence-corrected chi connectivity index (χ3v) is 1.62. The highest BCUT2D eigenvalue weighted by Crippen LogP contribution is 1.75. The Morgan fingerprint density at radius 2 is 2.00 bits per heavy atom. The molecule has 0 aliphatic rings. The van der Waals surface area contributed by atoms with Gasteiger partial charge in [0.2, 0.25) is 10.5 Å². The van der Waals surface area contributed by atoms with Crippen LogP contribution in [0.25, 0.3) is 0 Å². The molecular formula is CH9NO2Si3. The van der Waals surface area contributed by atoms with Crippen LogP contribution in [0, 0.1) is 0 Å². The Balaban J connectivity index is 3.35. The van der Waals surface area contributed by atoms with Gasteiger partial charge in [-0.2, -0.15) is 0 Å². The van der Waals surface area contributed by atoms with E-state index in [0.29, 0.717) is 10.5 Å². The van der Waals surface area contributed by atoms with Gasteiger partial charge in [-0.05, 0) is 0 Å². The van der Waals surface area contributed by atoms with Crippen LogP contribution < -0.4 is 0 Å². The maximum absolute atomic E-state index is 10.3. The monoisotopic (exact) mass is 151 g/mol. The molecule has 0 fully saturated rings. The van der Waals surface area contributed by atoms with Gasteiger partial charge >= 0.3 is 6.09 Å². The van der Waals surface area contributed by atoms with E-state index in [0.717, 1.165) is 20.8 Å². The van der Waals surface area contributed by atoms with Gasteiger partial charge in [-0.3, -0.25) is 0 Å². The van der Waals surface area contributed by atoms with Crippen LogP contribution in [-0.4, -0.2) is 41.6 Å². The molecule has 6 heteroatoms. The van der Waals surface area contributed by atoms with E-state index in [2.05, 4.69) is 4.43 Å². The molecule has 0 aromatic heterocycles. The molecule has 0 bridgehead atoms. The molecule has 7 heavy (non-hydrogen) atoms. The van der Waals surface area contributed by atoms with Gasteiger partial charge in [-0.1, -0.05) is 0 Å². The molecule has 0 rings (SSSR count). The van der Waals surface area contributed by atoms with Gasteiger partial charge in [-0.25, -0.2) is 4.79 Å². The van der Waals surface area contributed by atoms with Gasteiger partial charge in [0.15, 0.2) is 0 Å². The number of hydrogen-bond acceptors (Lipinski definition) is 2. The summed E-state index contributed by atoms with van der Waals surface area (Å²) in [6.45, 7) is 0. The Labute approximate surface area is 51.6 Å². The molecule has 42 valence electrons. The molecule has 0 N–H and O–H groups in total. The lowest BCUT2D eigenvalue weighted by atomic mass is 11.3. The molecule has 3 nitrogen and oxygen atoms in total. The predicted octanol–water partition coefficient (Wildman–Crippen LogP) is -3.73. The van der Waals surface area contributed by atoms with Crippen molar-refractivity contribution in [2.45, 2.75) is 0 Å². The van der Waals surface area contributed by atoms with Crippen LogP contribution in [0.2, 0.25) is 0 Å². The summed E-state index contributed by atoms with van der Waals surface area (Å²) in [5.41, 5.74) is 0. The molecule has 0 aromatic carbocycles. The summed E-state index contributed by atoms with van der Waals surface area (Å²) in [4.78, 5) is 10.3. The second-order valence-electron chi connectivity index (χ2n) is 1.36. The van der Waals surface area contributed by atoms with Crippen LogP contribution in [0.5, 0.6) is 0 Å². The minimum absolute atomic E-state index is 0.134. The van der Waals surface area contributed by atoms with Gasteiger partial charge in [0.25, 0.3) is 0 Å². The van der Waals surface area contributed by atoms with Crippen molar-refractivity contribution in [3.8, 4) is 0 Å². The van der Waals surface area contributed by atoms with Gasteiger partial charge in [0.05, 0.1) is 0 Å². The average Bonchev–Trinajstić information content (AvgIpc) is 1.65. The van der Waals surface area contributed by atoms with Crippen LogP contribution in [-0.2, 0) is 4.43 Å². The van der Waals surface area contributed by atoms with Gasteiger partial charge in [0, 0.05) is 0 Å². The van der Waals surface area contributed by atoms with E-state index < -0.39 is 0 Å². The fourth-order valence-electron chi connectivity index (χ4n) is 0.183. The Hall–Kier alpha value is -0.0794. The maximum Gasteiger partial charge on any atom is 0.378 e. The number of amides is 1. The minimum Gasteiger partial charge on any atom is -0.514 e. The number of nitrogens with zero attached hydrogens (tertiary/aromatic N) is 1. The standard InChI is InChI=1S/CH9NO2Si3/c3-1(4-7)2(5)6/h5-7H3. The Morgan fingerprint density at radius 3 is 2.00 bits per heavy atom. The first-order chi connectivity index (χ1) is 3.18. The molecule has 0 saturated heterocycles. The lowest BCUT2D eigenvalue weighted by Crippen LogP contribution is -2.24. The van der Waals surface area contributed by atoms with Crippen molar-refractivity contribution in [2.75, 3.05) is 0 Å². The van der Waals surface area contributed by atoms with Crippen LogP contribution >= 0.6 is 0 Å². The molecule has 0 radical (unpaired) electrons. The zero-order chi connectivity index (χ0) is 5.86. The molecule has 0 aliphatic heterocycles. The third kappa shape index (κ3) is 2.60. The summed E-state index contributed by atoms with van der Waals surface area (Å²) in [5, 5.41) is 0. The summed E-state index contributed by atoms with van der Waals surface area (Å²) in [5.74, 6) is 0. The molecule has 0 saturated carbocycles. The molecular weight excluding hydrogens is 142 g/mol. The van der Waals surface area contributed by atoms with Crippen LogP contribution in [0.1, 0.15) is 0 Å². The molecule has 0 unspecified atom stereocenters. The van der Waals surface area contributed by atoms with Crippen molar-refractivity contribution >= 4 is 37.4 Å². The van der Waals surface area contributed by atoms with Crippen molar-refractivity contribution in [1.82, 2.24) is 4.23 Å². The number of rotatable bonds is 0. The van der Waals surface area contributed by atoms with Crippen molar-refractivity contribution in [1.29, 1.82) is 0 Å². The SMILES string of the molecule is O=C(O[SiH3])N([SiH3])[SiH3]. The van der Waals surface area contributed by atoms with Gasteiger partial charge < -0.3 is 8.66 Å². The van der Waals surface area contributed by atoms with E-state index in [1.807, 2.05) is 0 Å². The zero-order valence-electron chi connectivity index (χ0n) is 4.76. The quantitative estimate of drug-likeness (QED) is 0.333. The van der Waals surface area contributed by atoms with E-state index in [9.17, 15) is 4.79 Å². The summed E-state index contributed by atoms with van der Waals surface area (Å²) < 4.78 is 6.18. The molecule has 0 aliphatic carbocycles. The molecule has 0 aromatic rings. The van der Waals surface area contributed by atoms with Crippen molar-refractivity contribution < 1.29 is 9.22 Å². The number of hydrogen-bond donors (Lipinski definition) is 0. The van der Waals surface area contributed by atoms with Gasteiger partial charge in [-0.15, -0.1) is 0 Å². The summed E-state index contributed by atoms with van der Waals surface area (Å²) in [6, 6.07) is 0. The molecule has 1 amide bonds. The van der Waals surface area contributed by atoms with E-state index in [1.165, 1.54) is 0 Å². The molecule has 0 spiro atoms. The first-order valence-electron chi connectivity index (χ1n) is 1.93. The van der Waals surface area contributed by atoms with E-state index >= 15 is 0 Å². The highest BCUT2D eigenvalue weighted by atomic mass is 28.2. The second-order valence-corrected chi connectivity index (χ2v) is 6.24. The van der Waals surface area contributed by atoms with Crippen molar-refractivity contribution in [3.05, 3.63) is 0 Å². The minimum atomic E-state index is -0.134. The average molecular weight is 151 g/mol. The van der Waals surface area contributed by atoms with Crippen LogP contribution in [0.4, 0.5) is 4.79 Å². The number of carbonyl (C=O) groups excluding carboxylic acids is 1. The lowest BCUT2D eigenvalue weighted by Gasteiger charge is -2.07. The summed E-state index contributed by atoms with van der Waals surface area (Å²) >= 11 is 0. The predicted molar refractivity (Wildman–Crippen MR) is 38.1 cm³/mol. The Bertz CT molecular complexity index is 73.3. The van der Waals surface area contributed by atoms with E-state index in [1.54, 1.807) is 4.23 Å². The largest absolute Gasteiger partial charge is 0.514 e. The highest BCUT2D eigenvalue weighted by Gasteiger charge is 1.95. The Kier molecular flexibility index (Phi) is 2.96. The van der Waals surface area contributed by atoms with Gasteiger partial charge in [0.1, 0.15) is 20.8 Å². The second kappa shape index (κ2) is 2.99. The molecule has 0 heterocycles. The maximum atomic E-state index is 10.3. The third-order valence-electron chi connectivity index (χ3n) is 0.540. The molecule has 0 atom stereocenters. The summed E-state index contributed by atoms with van der Waals surface area (Å²) in [6.07, 6.45) is -0.134. The fourth-order valence-corrected chi connectivity index (χ4v) is 1.64. The highest BCUT2D eigenvalue weighted by molar-refractivity contribution is 6.34. The fraction of sp³-hybridized carbons (Fsp3) is 0. The normalized spacial score (nSPS) is 9.14. The first-order valence-corrected chi connectivity index (χ1v) is 4.54. The van der Waals surface area contributed by atoms with Crippen LogP contribution in [0.15, 0.2) is 0 Å². The van der Waals surface area contributed by atoms with E-state index in [4.69, 9.17) is 0 Å². The topological polar surface area (TPSA) is 29.5 Å². The lowest BCUT2D eigenvalue weighted by molar-refractivity contribution is 0.199. The zero-order valence-corrected chi connectivity index (χ0v) is 10.8. The smallest absolute Gasteiger partial charge is 0.378 e. The van der Waals surface area contributed by atoms with Crippen molar-refractivity contribution in [3.63, 3.8) is 0 Å².